The van der Waals surface area contributed by atoms with Crippen molar-refractivity contribution in [2.24, 2.45) is 0 Å². The van der Waals surface area contributed by atoms with Gasteiger partial charge in [0, 0.05) is 12.5 Å². The number of benzene rings is 1. The first-order valence-electron chi connectivity index (χ1n) is 6.67. The van der Waals surface area contributed by atoms with Crippen LogP contribution in [-0.2, 0) is 4.79 Å². The van der Waals surface area contributed by atoms with E-state index >= 15 is 0 Å². The molecule has 2 amide bonds. The summed E-state index contributed by atoms with van der Waals surface area (Å²) in [6.45, 7) is 0.462. The summed E-state index contributed by atoms with van der Waals surface area (Å²) in [5.41, 5.74) is 0.161. The SMILES string of the molecule is O=C(NCC(=O)N1CCCC1BO)c1c(Cl)cccc1Cl. The van der Waals surface area contributed by atoms with Gasteiger partial charge in [-0.1, -0.05) is 29.3 Å². The minimum atomic E-state index is -0.487. The number of hydrogen-bond donors (Lipinski definition) is 2. The van der Waals surface area contributed by atoms with Gasteiger partial charge in [-0.05, 0) is 25.0 Å². The number of carbonyl (C=O) groups is 2. The van der Waals surface area contributed by atoms with Crippen molar-refractivity contribution in [3.05, 3.63) is 33.8 Å². The second-order valence-corrected chi connectivity index (χ2v) is 5.66. The molecule has 112 valence electrons. The molecule has 2 N–H and O–H groups in total. The van der Waals surface area contributed by atoms with E-state index < -0.39 is 5.91 Å². The summed E-state index contributed by atoms with van der Waals surface area (Å²) in [4.78, 5) is 25.7. The van der Waals surface area contributed by atoms with Crippen molar-refractivity contribution in [3.63, 3.8) is 0 Å². The van der Waals surface area contributed by atoms with Gasteiger partial charge in [-0.25, -0.2) is 0 Å². The highest BCUT2D eigenvalue weighted by atomic mass is 35.5. The third-order valence-electron chi connectivity index (χ3n) is 3.50. The Morgan fingerprint density at radius 2 is 2.05 bits per heavy atom. The molecule has 8 heteroatoms. The molecule has 1 saturated heterocycles. The second-order valence-electron chi connectivity index (χ2n) is 4.85. The van der Waals surface area contributed by atoms with Gasteiger partial charge in [0.2, 0.25) is 5.91 Å². The zero-order valence-electron chi connectivity index (χ0n) is 11.3. The molecule has 0 aliphatic carbocycles. The minimum absolute atomic E-state index is 0.0595. The summed E-state index contributed by atoms with van der Waals surface area (Å²) in [6, 6.07) is 4.77. The Kier molecular flexibility index (Phi) is 5.50. The van der Waals surface area contributed by atoms with E-state index in [1.807, 2.05) is 0 Å². The molecule has 1 heterocycles. The molecule has 0 aromatic heterocycles. The van der Waals surface area contributed by atoms with E-state index in [4.69, 9.17) is 23.2 Å². The number of nitrogens with zero attached hydrogens (tertiary/aromatic N) is 1. The van der Waals surface area contributed by atoms with E-state index in [1.54, 1.807) is 23.1 Å². The molecule has 1 aliphatic heterocycles. The summed E-state index contributed by atoms with van der Waals surface area (Å²) < 4.78 is 0. The molecule has 0 spiro atoms. The zero-order valence-corrected chi connectivity index (χ0v) is 12.8. The molecule has 1 aromatic rings. The maximum Gasteiger partial charge on any atom is 0.293 e. The fourth-order valence-electron chi connectivity index (χ4n) is 2.41. The average molecular weight is 329 g/mol. The van der Waals surface area contributed by atoms with Crippen LogP contribution in [0.4, 0.5) is 0 Å². The molecule has 1 aliphatic rings. The van der Waals surface area contributed by atoms with Crippen LogP contribution in [0.5, 0.6) is 0 Å². The van der Waals surface area contributed by atoms with E-state index in [0.29, 0.717) is 6.54 Å². The fraction of sp³-hybridized carbons (Fsp3) is 0.385. The highest BCUT2D eigenvalue weighted by Crippen LogP contribution is 2.24. The molecule has 0 radical (unpaired) electrons. The van der Waals surface area contributed by atoms with Crippen molar-refractivity contribution in [1.82, 2.24) is 10.2 Å². The first-order chi connectivity index (χ1) is 10.0. The summed E-state index contributed by atoms with van der Waals surface area (Å²) >= 11 is 11.9. The first-order valence-corrected chi connectivity index (χ1v) is 7.42. The molecule has 5 nitrogen and oxygen atoms in total. The lowest BCUT2D eigenvalue weighted by Crippen LogP contribution is -2.44. The smallest absolute Gasteiger partial charge is 0.293 e. The molecule has 1 atom stereocenters. The van der Waals surface area contributed by atoms with E-state index in [2.05, 4.69) is 5.32 Å². The van der Waals surface area contributed by atoms with Crippen LogP contribution in [0.2, 0.25) is 10.0 Å². The molecule has 0 saturated carbocycles. The first kappa shape index (κ1) is 16.1. The van der Waals surface area contributed by atoms with Crippen molar-refractivity contribution in [2.45, 2.75) is 18.8 Å². The second kappa shape index (κ2) is 7.16. The molecule has 1 fully saturated rings. The monoisotopic (exact) mass is 328 g/mol. The number of amides is 2. The Hall–Kier alpha value is -1.24. The maximum absolute atomic E-state index is 12.1. The van der Waals surface area contributed by atoms with Crippen molar-refractivity contribution < 1.29 is 14.6 Å². The highest BCUT2D eigenvalue weighted by Gasteiger charge is 2.29. The third-order valence-corrected chi connectivity index (χ3v) is 4.13. The van der Waals surface area contributed by atoms with Crippen LogP contribution in [0.25, 0.3) is 0 Å². The fourth-order valence-corrected chi connectivity index (χ4v) is 2.98. The van der Waals surface area contributed by atoms with Crippen molar-refractivity contribution in [2.75, 3.05) is 13.1 Å². The van der Waals surface area contributed by atoms with Crippen molar-refractivity contribution in [3.8, 4) is 0 Å². The minimum Gasteiger partial charge on any atom is -0.452 e. The summed E-state index contributed by atoms with van der Waals surface area (Å²) in [5, 5.41) is 12.2. The van der Waals surface area contributed by atoms with Gasteiger partial charge >= 0.3 is 0 Å². The van der Waals surface area contributed by atoms with Gasteiger partial charge in [-0.2, -0.15) is 0 Å². The Morgan fingerprint density at radius 1 is 1.38 bits per heavy atom. The Morgan fingerprint density at radius 3 is 2.67 bits per heavy atom. The van der Waals surface area contributed by atoms with Crippen molar-refractivity contribution in [1.29, 1.82) is 0 Å². The van der Waals surface area contributed by atoms with Gasteiger partial charge in [0.25, 0.3) is 13.4 Å². The molecule has 21 heavy (non-hydrogen) atoms. The normalized spacial score (nSPS) is 17.7. The van der Waals surface area contributed by atoms with Crippen LogP contribution in [-0.4, -0.2) is 48.3 Å². The van der Waals surface area contributed by atoms with Crippen LogP contribution >= 0.6 is 23.2 Å². The number of nitrogens with one attached hydrogen (secondary N) is 1. The maximum atomic E-state index is 12.1. The standard InChI is InChI=1S/C13H15BCl2N2O3/c15-8-3-1-4-9(16)12(8)13(20)17-7-11(19)18-6-2-5-10(18)14-21/h1,3-4,10,14,21H,2,5-7H2,(H,17,20). The molecular weight excluding hydrogens is 314 g/mol. The number of likely N-dealkylation sites (tertiary alicyclic amines) is 1. The van der Waals surface area contributed by atoms with Gasteiger partial charge in [0.05, 0.1) is 22.2 Å². The summed E-state index contributed by atoms with van der Waals surface area (Å²) in [6.07, 6.45) is 1.65. The molecule has 0 bridgehead atoms. The lowest BCUT2D eigenvalue weighted by atomic mass is 9.86. The summed E-state index contributed by atoms with van der Waals surface area (Å²) in [5.74, 6) is -0.861. The lowest BCUT2D eigenvalue weighted by Gasteiger charge is -2.22. The van der Waals surface area contributed by atoms with Gasteiger partial charge < -0.3 is 15.2 Å². The predicted octanol–water partition coefficient (Wildman–Crippen LogP) is 1.02. The lowest BCUT2D eigenvalue weighted by molar-refractivity contribution is -0.129. The van der Waals surface area contributed by atoms with E-state index in [0.717, 1.165) is 12.8 Å². The molecule has 1 aromatic carbocycles. The van der Waals surface area contributed by atoms with Gasteiger partial charge in [0.1, 0.15) is 0 Å². The van der Waals surface area contributed by atoms with Crippen molar-refractivity contribution >= 4 is 42.5 Å². The van der Waals surface area contributed by atoms with Crippen LogP contribution in [0.15, 0.2) is 18.2 Å². The van der Waals surface area contributed by atoms with Crippen LogP contribution in [0.1, 0.15) is 23.2 Å². The van der Waals surface area contributed by atoms with Crippen LogP contribution in [0.3, 0.4) is 0 Å². The van der Waals surface area contributed by atoms with E-state index in [-0.39, 0.29) is 41.5 Å². The van der Waals surface area contributed by atoms with Crippen LogP contribution < -0.4 is 5.32 Å². The largest absolute Gasteiger partial charge is 0.452 e. The van der Waals surface area contributed by atoms with Gasteiger partial charge in [-0.3, -0.25) is 9.59 Å². The summed E-state index contributed by atoms with van der Waals surface area (Å²) in [7, 11) is -0.0595. The number of halogens is 2. The molecule has 1 unspecified atom stereocenters. The highest BCUT2D eigenvalue weighted by molar-refractivity contribution is 6.39. The topological polar surface area (TPSA) is 69.6 Å². The number of hydrogen-bond acceptors (Lipinski definition) is 3. The quantitative estimate of drug-likeness (QED) is 0.811. The Bertz CT molecular complexity index is 536. The molecule has 2 rings (SSSR count). The molecular formula is C13H15BCl2N2O3. The predicted molar refractivity (Wildman–Crippen MR) is 82.9 cm³/mol. The van der Waals surface area contributed by atoms with Crippen LogP contribution in [0, 0.1) is 0 Å². The van der Waals surface area contributed by atoms with Gasteiger partial charge in [-0.15, -0.1) is 0 Å². The number of carbonyl (C=O) groups excluding carboxylic acids is 2. The number of rotatable bonds is 4. The average Bonchev–Trinajstić information content (AvgIpc) is 2.93. The third kappa shape index (κ3) is 3.70. The van der Waals surface area contributed by atoms with Gasteiger partial charge in [0.15, 0.2) is 0 Å². The Labute approximate surface area is 133 Å². The van der Waals surface area contributed by atoms with E-state index in [9.17, 15) is 14.6 Å². The van der Waals surface area contributed by atoms with E-state index in [1.165, 1.54) is 0 Å². The Balaban J connectivity index is 1.97. The zero-order chi connectivity index (χ0) is 15.4.